The maximum Gasteiger partial charge on any atom is 0.419 e. The number of hydrogen-bond donors (Lipinski definition) is 1. The highest BCUT2D eigenvalue weighted by Crippen LogP contribution is 2.33. The molecule has 29 heavy (non-hydrogen) atoms. The lowest BCUT2D eigenvalue weighted by Gasteiger charge is -2.32. The number of nitrogens with one attached hydrogen (secondary N) is 1. The van der Waals surface area contributed by atoms with Crippen LogP contribution in [0.2, 0.25) is 5.28 Å². The van der Waals surface area contributed by atoms with Crippen LogP contribution in [0.15, 0.2) is 24.5 Å². The number of halogens is 5. The second-order valence-corrected chi connectivity index (χ2v) is 7.66. The zero-order chi connectivity index (χ0) is 20.8. The Balaban J connectivity index is 1.66. The Kier molecular flexibility index (Phi) is 5.10. The minimum atomic E-state index is -4.73. The molecule has 0 spiro atoms. The molecule has 1 atom stereocenters. The molecule has 4 rings (SSSR count). The smallest absolute Gasteiger partial charge is 0.365 e. The number of aromatic nitrogens is 4. The Hall–Kier alpha value is -2.42. The highest BCUT2D eigenvalue weighted by molar-refractivity contribution is 6.28. The average molecular weight is 428 g/mol. The van der Waals surface area contributed by atoms with E-state index in [9.17, 15) is 17.6 Å². The lowest BCUT2D eigenvalue weighted by Crippen LogP contribution is -2.31. The summed E-state index contributed by atoms with van der Waals surface area (Å²) < 4.78 is 54.0. The Morgan fingerprint density at radius 1 is 1.28 bits per heavy atom. The van der Waals surface area contributed by atoms with Gasteiger partial charge in [0.15, 0.2) is 11.5 Å². The second-order valence-electron chi connectivity index (χ2n) is 7.32. The van der Waals surface area contributed by atoms with E-state index in [2.05, 4.69) is 27.2 Å². The Morgan fingerprint density at radius 2 is 2.03 bits per heavy atom. The summed E-state index contributed by atoms with van der Waals surface area (Å²) >= 11 is 6.02. The molecule has 2 heterocycles. The third-order valence-corrected chi connectivity index (χ3v) is 5.53. The molecule has 0 amide bonds. The lowest BCUT2D eigenvalue weighted by molar-refractivity contribution is -0.140. The summed E-state index contributed by atoms with van der Waals surface area (Å²) in [6, 6.07) is 3.05. The number of imidazole rings is 1. The molecule has 1 aliphatic rings. The summed E-state index contributed by atoms with van der Waals surface area (Å²) in [6.45, 7) is 2.18. The monoisotopic (exact) mass is 427 g/mol. The quantitative estimate of drug-likeness (QED) is 0.444. The second kappa shape index (κ2) is 7.44. The van der Waals surface area contributed by atoms with Gasteiger partial charge in [-0.25, -0.2) is 9.37 Å². The maximum absolute atomic E-state index is 13.9. The fourth-order valence-electron chi connectivity index (χ4n) is 3.53. The van der Waals surface area contributed by atoms with Crippen molar-refractivity contribution in [1.29, 1.82) is 0 Å². The lowest BCUT2D eigenvalue weighted by atomic mass is 9.80. The van der Waals surface area contributed by atoms with E-state index in [1.807, 2.05) is 0 Å². The van der Waals surface area contributed by atoms with Crippen molar-refractivity contribution in [3.63, 3.8) is 0 Å². The molecular formula is C19H18ClF4N5. The van der Waals surface area contributed by atoms with Gasteiger partial charge in [0.25, 0.3) is 0 Å². The molecule has 1 N–H and O–H groups in total. The maximum atomic E-state index is 13.9. The van der Waals surface area contributed by atoms with E-state index in [-0.39, 0.29) is 17.9 Å². The molecule has 0 aliphatic heterocycles. The fraction of sp³-hybridized carbons (Fsp3) is 0.421. The fourth-order valence-corrected chi connectivity index (χ4v) is 3.70. The summed E-state index contributed by atoms with van der Waals surface area (Å²) in [5, 5.41) is 3.41. The first kappa shape index (κ1) is 19.9. The van der Waals surface area contributed by atoms with Gasteiger partial charge in [-0.1, -0.05) is 12.5 Å². The molecule has 0 saturated heterocycles. The van der Waals surface area contributed by atoms with Crippen molar-refractivity contribution in [2.24, 2.45) is 5.92 Å². The molecule has 154 valence electrons. The molecule has 5 nitrogen and oxygen atoms in total. The van der Waals surface area contributed by atoms with E-state index >= 15 is 0 Å². The SMILES string of the molecule is C[C@@H](Nc1nc(Cl)nc2ncn(Cc3ccc(C(F)(F)F)c(F)c3)c12)C1CCC1. The number of nitrogens with zero attached hydrogens (tertiary/aromatic N) is 4. The van der Waals surface area contributed by atoms with Gasteiger partial charge < -0.3 is 9.88 Å². The van der Waals surface area contributed by atoms with E-state index in [4.69, 9.17) is 11.6 Å². The number of hydrogen-bond acceptors (Lipinski definition) is 4. The molecule has 2 aromatic heterocycles. The number of benzene rings is 1. The number of alkyl halides is 3. The molecule has 0 unspecified atom stereocenters. The van der Waals surface area contributed by atoms with Crippen molar-refractivity contribution in [2.75, 3.05) is 5.32 Å². The Labute approximate surface area is 169 Å². The van der Waals surface area contributed by atoms with Crippen LogP contribution >= 0.6 is 11.6 Å². The first-order valence-electron chi connectivity index (χ1n) is 9.23. The van der Waals surface area contributed by atoms with Gasteiger partial charge in [0.05, 0.1) is 11.9 Å². The molecule has 1 saturated carbocycles. The first-order chi connectivity index (χ1) is 13.7. The van der Waals surface area contributed by atoms with Crippen LogP contribution in [0.25, 0.3) is 11.2 Å². The molecule has 1 aromatic carbocycles. The minimum absolute atomic E-state index is 0.0478. The summed E-state index contributed by atoms with van der Waals surface area (Å²) in [5.74, 6) is -0.265. The zero-order valence-electron chi connectivity index (χ0n) is 15.5. The van der Waals surface area contributed by atoms with E-state index < -0.39 is 17.6 Å². The van der Waals surface area contributed by atoms with Gasteiger partial charge in [0.1, 0.15) is 11.3 Å². The molecule has 1 aliphatic carbocycles. The van der Waals surface area contributed by atoms with Crippen LogP contribution in [-0.2, 0) is 12.7 Å². The van der Waals surface area contributed by atoms with Gasteiger partial charge in [0, 0.05) is 12.6 Å². The van der Waals surface area contributed by atoms with Gasteiger partial charge in [-0.15, -0.1) is 0 Å². The zero-order valence-corrected chi connectivity index (χ0v) is 16.2. The van der Waals surface area contributed by atoms with Crippen LogP contribution in [-0.4, -0.2) is 25.6 Å². The molecule has 10 heteroatoms. The van der Waals surface area contributed by atoms with Crippen LogP contribution < -0.4 is 5.32 Å². The van der Waals surface area contributed by atoms with Crippen molar-refractivity contribution < 1.29 is 17.6 Å². The normalized spacial score (nSPS) is 16.1. The van der Waals surface area contributed by atoms with Gasteiger partial charge in [-0.3, -0.25) is 0 Å². The largest absolute Gasteiger partial charge is 0.419 e. The van der Waals surface area contributed by atoms with Crippen LogP contribution in [0, 0.1) is 11.7 Å². The van der Waals surface area contributed by atoms with Crippen LogP contribution in [0.3, 0.4) is 0 Å². The number of rotatable bonds is 5. The summed E-state index contributed by atoms with van der Waals surface area (Å²) in [4.78, 5) is 12.6. The van der Waals surface area contributed by atoms with E-state index in [0.29, 0.717) is 28.5 Å². The van der Waals surface area contributed by atoms with Crippen molar-refractivity contribution in [2.45, 2.75) is 44.9 Å². The van der Waals surface area contributed by atoms with Gasteiger partial charge in [0.2, 0.25) is 5.28 Å². The molecule has 0 radical (unpaired) electrons. The molecule has 0 bridgehead atoms. The summed E-state index contributed by atoms with van der Waals surface area (Å²) in [6.07, 6.45) is 0.239. The van der Waals surface area contributed by atoms with E-state index in [1.165, 1.54) is 18.8 Å². The highest BCUT2D eigenvalue weighted by atomic mass is 35.5. The van der Waals surface area contributed by atoms with Crippen molar-refractivity contribution in [3.05, 3.63) is 46.8 Å². The van der Waals surface area contributed by atoms with Gasteiger partial charge >= 0.3 is 6.18 Å². The summed E-state index contributed by atoms with van der Waals surface area (Å²) in [7, 11) is 0. The van der Waals surface area contributed by atoms with Crippen LogP contribution in [0.5, 0.6) is 0 Å². The molecule has 1 fully saturated rings. The third kappa shape index (κ3) is 4.01. The Bertz CT molecular complexity index is 1040. The van der Waals surface area contributed by atoms with Gasteiger partial charge in [-0.2, -0.15) is 23.1 Å². The predicted octanol–water partition coefficient (Wildman–Crippen LogP) is 5.29. The summed E-state index contributed by atoms with van der Waals surface area (Å²) in [5.41, 5.74) is 0.00727. The predicted molar refractivity (Wildman–Crippen MR) is 101 cm³/mol. The standard InChI is InChI=1S/C19H18ClF4N5/c1-10(12-3-2-4-12)26-17-15-16(27-18(20)28-17)25-9-29(15)8-11-5-6-13(14(21)7-11)19(22,23)24/h5-7,9-10,12H,2-4,8H2,1H3,(H,26,27,28)/t10-/m1/s1. The van der Waals surface area contributed by atoms with Crippen LogP contribution in [0.4, 0.5) is 23.4 Å². The van der Waals surface area contributed by atoms with Gasteiger partial charge in [-0.05, 0) is 55.0 Å². The van der Waals surface area contributed by atoms with Crippen molar-refractivity contribution in [1.82, 2.24) is 19.5 Å². The minimum Gasteiger partial charge on any atom is -0.365 e. The van der Waals surface area contributed by atoms with Crippen molar-refractivity contribution in [3.8, 4) is 0 Å². The molecule has 3 aromatic rings. The molecular weight excluding hydrogens is 410 g/mol. The topological polar surface area (TPSA) is 55.6 Å². The number of anilines is 1. The van der Waals surface area contributed by atoms with E-state index in [1.54, 1.807) is 4.57 Å². The highest BCUT2D eigenvalue weighted by Gasteiger charge is 2.34. The van der Waals surface area contributed by atoms with Crippen molar-refractivity contribution >= 4 is 28.6 Å². The third-order valence-electron chi connectivity index (χ3n) is 5.36. The average Bonchev–Trinajstić information content (AvgIpc) is 2.94. The van der Waals surface area contributed by atoms with E-state index in [0.717, 1.165) is 25.0 Å². The first-order valence-corrected chi connectivity index (χ1v) is 9.60. The number of fused-ring (bicyclic) bond motifs is 1. The Morgan fingerprint density at radius 3 is 2.66 bits per heavy atom. The van der Waals surface area contributed by atoms with Crippen LogP contribution in [0.1, 0.15) is 37.3 Å².